The highest BCUT2D eigenvalue weighted by Gasteiger charge is 2.36. The van der Waals surface area contributed by atoms with E-state index in [1.165, 1.54) is 6.42 Å². The lowest BCUT2D eigenvalue weighted by atomic mass is 10.0. The molecule has 5 heteroatoms. The molecule has 5 nitrogen and oxygen atoms in total. The lowest BCUT2D eigenvalue weighted by Crippen LogP contribution is -2.14. The molecular weight excluding hydrogens is 264 g/mol. The summed E-state index contributed by atoms with van der Waals surface area (Å²) < 4.78 is 5.93. The van der Waals surface area contributed by atoms with Gasteiger partial charge < -0.3 is 9.84 Å². The summed E-state index contributed by atoms with van der Waals surface area (Å²) in [6.07, 6.45) is 1.20. The molecule has 0 amide bonds. The molecule has 1 saturated carbocycles. The van der Waals surface area contributed by atoms with Gasteiger partial charge in [-0.15, -0.1) is 0 Å². The summed E-state index contributed by atoms with van der Waals surface area (Å²) in [4.78, 5) is 9.10. The number of hydrogen-bond acceptors (Lipinski definition) is 5. The number of furan rings is 1. The van der Waals surface area contributed by atoms with Crippen LogP contribution in [0.25, 0.3) is 11.6 Å². The maximum atomic E-state index is 5.93. The smallest absolute Gasteiger partial charge is 0.197 e. The first kappa shape index (κ1) is 14.1. The number of hydrazine groups is 1. The number of nitrogens with two attached hydrogens (primary N) is 1. The van der Waals surface area contributed by atoms with Crippen molar-refractivity contribution < 1.29 is 4.42 Å². The van der Waals surface area contributed by atoms with Crippen LogP contribution in [0, 0.1) is 12.8 Å². The second kappa shape index (κ2) is 5.15. The van der Waals surface area contributed by atoms with Crippen molar-refractivity contribution in [2.45, 2.75) is 46.0 Å². The number of anilines is 1. The van der Waals surface area contributed by atoms with Gasteiger partial charge in [0.2, 0.25) is 0 Å². The van der Waals surface area contributed by atoms with E-state index in [4.69, 9.17) is 10.3 Å². The number of nitrogens with zero attached hydrogens (tertiary/aromatic N) is 2. The first-order valence-corrected chi connectivity index (χ1v) is 7.46. The third-order valence-corrected chi connectivity index (χ3v) is 4.17. The van der Waals surface area contributed by atoms with Crippen LogP contribution in [-0.2, 0) is 0 Å². The highest BCUT2D eigenvalue weighted by atomic mass is 16.3. The zero-order valence-electron chi connectivity index (χ0n) is 13.0. The Kier molecular flexibility index (Phi) is 3.45. The zero-order chi connectivity index (χ0) is 15.1. The van der Waals surface area contributed by atoms with Gasteiger partial charge in [0.25, 0.3) is 0 Å². The van der Waals surface area contributed by atoms with Gasteiger partial charge >= 0.3 is 0 Å². The Morgan fingerprint density at radius 3 is 2.62 bits per heavy atom. The molecule has 0 radical (unpaired) electrons. The van der Waals surface area contributed by atoms with Crippen molar-refractivity contribution >= 4 is 5.82 Å². The van der Waals surface area contributed by atoms with Crippen molar-refractivity contribution in [2.75, 3.05) is 5.43 Å². The average Bonchev–Trinajstić information content (AvgIpc) is 2.99. The van der Waals surface area contributed by atoms with Gasteiger partial charge in [0.15, 0.2) is 11.6 Å². The van der Waals surface area contributed by atoms with Crippen molar-refractivity contribution in [1.82, 2.24) is 9.97 Å². The SMILES string of the molecule is Cc1nc(-c2ccc(C3CC3C)o2)nc(NN)c1C(C)C. The minimum absolute atomic E-state index is 0.310. The molecule has 0 spiro atoms. The molecule has 2 atom stereocenters. The molecule has 2 aromatic heterocycles. The minimum Gasteiger partial charge on any atom is -0.457 e. The maximum absolute atomic E-state index is 5.93. The van der Waals surface area contributed by atoms with Gasteiger partial charge in [0.1, 0.15) is 11.6 Å². The summed E-state index contributed by atoms with van der Waals surface area (Å²) in [5, 5.41) is 0. The molecule has 0 aromatic carbocycles. The van der Waals surface area contributed by atoms with Crippen LogP contribution in [0.5, 0.6) is 0 Å². The number of aryl methyl sites for hydroxylation is 1. The molecule has 3 rings (SSSR count). The third-order valence-electron chi connectivity index (χ3n) is 4.17. The number of rotatable bonds is 4. The molecule has 2 aromatic rings. The van der Waals surface area contributed by atoms with Crippen molar-refractivity contribution in [2.24, 2.45) is 11.8 Å². The number of nitrogens with one attached hydrogen (secondary N) is 1. The van der Waals surface area contributed by atoms with E-state index in [1.54, 1.807) is 0 Å². The first-order chi connectivity index (χ1) is 10.0. The van der Waals surface area contributed by atoms with E-state index >= 15 is 0 Å². The lowest BCUT2D eigenvalue weighted by molar-refractivity contribution is 0.514. The fourth-order valence-corrected chi connectivity index (χ4v) is 2.88. The van der Waals surface area contributed by atoms with Crippen molar-refractivity contribution in [1.29, 1.82) is 0 Å². The Hall–Kier alpha value is -1.88. The highest BCUT2D eigenvalue weighted by molar-refractivity contribution is 5.56. The molecule has 0 bridgehead atoms. The molecule has 1 aliphatic rings. The van der Waals surface area contributed by atoms with Crippen molar-refractivity contribution in [3.63, 3.8) is 0 Å². The first-order valence-electron chi connectivity index (χ1n) is 7.46. The molecule has 1 fully saturated rings. The van der Waals surface area contributed by atoms with E-state index in [9.17, 15) is 0 Å². The van der Waals surface area contributed by atoms with E-state index in [-0.39, 0.29) is 0 Å². The van der Waals surface area contributed by atoms with E-state index in [2.05, 4.69) is 36.2 Å². The van der Waals surface area contributed by atoms with Crippen molar-refractivity contribution in [3.8, 4) is 11.6 Å². The van der Waals surface area contributed by atoms with Crippen LogP contribution in [0.4, 0.5) is 5.82 Å². The van der Waals surface area contributed by atoms with Crippen LogP contribution in [0.15, 0.2) is 16.5 Å². The average molecular weight is 286 g/mol. The van der Waals surface area contributed by atoms with E-state index < -0.39 is 0 Å². The van der Waals surface area contributed by atoms with Crippen LogP contribution in [0.1, 0.15) is 56.0 Å². The second-order valence-corrected chi connectivity index (χ2v) is 6.22. The summed E-state index contributed by atoms with van der Waals surface area (Å²) in [5.41, 5.74) is 4.66. The summed E-state index contributed by atoms with van der Waals surface area (Å²) in [7, 11) is 0. The van der Waals surface area contributed by atoms with E-state index in [0.717, 1.165) is 22.9 Å². The Balaban J connectivity index is 1.98. The Morgan fingerprint density at radius 1 is 1.33 bits per heavy atom. The fraction of sp³-hybridized carbons (Fsp3) is 0.500. The summed E-state index contributed by atoms with van der Waals surface area (Å²) in [6, 6.07) is 3.98. The van der Waals surface area contributed by atoms with Crippen LogP contribution >= 0.6 is 0 Å². The molecular formula is C16H22N4O. The third kappa shape index (κ3) is 2.53. The Labute approximate surface area is 124 Å². The van der Waals surface area contributed by atoms with Gasteiger partial charge in [-0.25, -0.2) is 15.8 Å². The number of nitrogen functional groups attached to an aromatic ring is 1. The molecule has 21 heavy (non-hydrogen) atoms. The zero-order valence-corrected chi connectivity index (χ0v) is 13.0. The van der Waals surface area contributed by atoms with E-state index in [0.29, 0.717) is 29.2 Å². The normalized spacial score (nSPS) is 20.9. The van der Waals surface area contributed by atoms with Crippen LogP contribution in [-0.4, -0.2) is 9.97 Å². The van der Waals surface area contributed by atoms with Crippen LogP contribution in [0.3, 0.4) is 0 Å². The minimum atomic E-state index is 0.310. The molecule has 112 valence electrons. The molecule has 0 saturated heterocycles. The highest BCUT2D eigenvalue weighted by Crippen LogP contribution is 2.47. The molecule has 2 heterocycles. The predicted octanol–water partition coefficient (Wildman–Crippen LogP) is 3.58. The second-order valence-electron chi connectivity index (χ2n) is 6.22. The predicted molar refractivity (Wildman–Crippen MR) is 82.9 cm³/mol. The standard InChI is InChI=1S/C16H22N4O/c1-8(2)14-10(4)18-15(19-16(14)20-17)13-6-5-12(21-13)11-7-9(11)3/h5-6,8-9,11H,7,17H2,1-4H3,(H,18,19,20). The Bertz CT molecular complexity index is 662. The lowest BCUT2D eigenvalue weighted by Gasteiger charge is -2.14. The quantitative estimate of drug-likeness (QED) is 0.663. The van der Waals surface area contributed by atoms with Crippen molar-refractivity contribution in [3.05, 3.63) is 29.2 Å². The van der Waals surface area contributed by atoms with Gasteiger partial charge in [0, 0.05) is 17.2 Å². The largest absolute Gasteiger partial charge is 0.457 e. The summed E-state index contributed by atoms with van der Waals surface area (Å²) in [5.74, 6) is 10.2. The molecule has 2 unspecified atom stereocenters. The van der Waals surface area contributed by atoms with Gasteiger partial charge in [-0.1, -0.05) is 20.8 Å². The van der Waals surface area contributed by atoms with Gasteiger partial charge in [-0.05, 0) is 37.3 Å². The number of aromatic nitrogens is 2. The summed E-state index contributed by atoms with van der Waals surface area (Å²) >= 11 is 0. The molecule has 3 N–H and O–H groups in total. The maximum Gasteiger partial charge on any atom is 0.197 e. The number of hydrogen-bond donors (Lipinski definition) is 2. The van der Waals surface area contributed by atoms with Crippen LogP contribution in [0.2, 0.25) is 0 Å². The molecule has 1 aliphatic carbocycles. The fourth-order valence-electron chi connectivity index (χ4n) is 2.88. The van der Waals surface area contributed by atoms with Gasteiger partial charge in [-0.3, -0.25) is 0 Å². The molecule has 0 aliphatic heterocycles. The van der Waals surface area contributed by atoms with E-state index in [1.807, 2.05) is 19.1 Å². The van der Waals surface area contributed by atoms with Gasteiger partial charge in [-0.2, -0.15) is 0 Å². The Morgan fingerprint density at radius 2 is 2.05 bits per heavy atom. The monoisotopic (exact) mass is 286 g/mol. The summed E-state index contributed by atoms with van der Waals surface area (Å²) in [6.45, 7) is 8.42. The van der Waals surface area contributed by atoms with Gasteiger partial charge in [0.05, 0.1) is 0 Å². The van der Waals surface area contributed by atoms with Crippen LogP contribution < -0.4 is 11.3 Å². The topological polar surface area (TPSA) is 77.0 Å².